The van der Waals surface area contributed by atoms with Crippen LogP contribution in [-0.2, 0) is 4.74 Å². The predicted molar refractivity (Wildman–Crippen MR) is 83.0 cm³/mol. The van der Waals surface area contributed by atoms with Crippen LogP contribution < -0.4 is 11.3 Å². The summed E-state index contributed by atoms with van der Waals surface area (Å²) < 4.78 is 7.19. The third kappa shape index (κ3) is 2.70. The summed E-state index contributed by atoms with van der Waals surface area (Å²) in [5, 5.41) is 1.58. The Bertz CT molecular complexity index is 646. The Hall–Kier alpha value is -1.81. The lowest BCUT2D eigenvalue weighted by Crippen LogP contribution is -2.32. The van der Waals surface area contributed by atoms with Crippen LogP contribution in [0.15, 0.2) is 35.1 Å². The highest BCUT2D eigenvalue weighted by Crippen LogP contribution is 2.22. The number of anilines is 1. The molecular weight excluding hydrogens is 252 g/mol. The molecule has 1 aromatic heterocycles. The lowest BCUT2D eigenvalue weighted by Gasteiger charge is -2.25. The SMILES string of the molecule is CCOCC(C(C)C)n1c(N)cc2ccccc2c1=O. The van der Waals surface area contributed by atoms with E-state index in [2.05, 4.69) is 13.8 Å². The second kappa shape index (κ2) is 6.09. The normalized spacial score (nSPS) is 13.0. The van der Waals surface area contributed by atoms with Crippen molar-refractivity contribution in [1.82, 2.24) is 4.57 Å². The molecule has 1 heterocycles. The molecule has 0 aliphatic carbocycles. The van der Waals surface area contributed by atoms with Gasteiger partial charge in [-0.25, -0.2) is 0 Å². The van der Waals surface area contributed by atoms with Gasteiger partial charge >= 0.3 is 0 Å². The first-order chi connectivity index (χ1) is 9.56. The second-order valence-corrected chi connectivity index (χ2v) is 5.30. The molecule has 1 aromatic carbocycles. The molecule has 4 heteroatoms. The van der Waals surface area contributed by atoms with Crippen molar-refractivity contribution in [1.29, 1.82) is 0 Å². The van der Waals surface area contributed by atoms with E-state index in [1.54, 1.807) is 4.57 Å². The van der Waals surface area contributed by atoms with Crippen molar-refractivity contribution >= 4 is 16.6 Å². The average Bonchev–Trinajstić information content (AvgIpc) is 2.42. The second-order valence-electron chi connectivity index (χ2n) is 5.30. The molecule has 108 valence electrons. The Morgan fingerprint density at radius 3 is 2.65 bits per heavy atom. The van der Waals surface area contributed by atoms with Gasteiger partial charge in [-0.2, -0.15) is 0 Å². The van der Waals surface area contributed by atoms with E-state index >= 15 is 0 Å². The van der Waals surface area contributed by atoms with Gasteiger partial charge in [0.25, 0.3) is 5.56 Å². The molecule has 1 unspecified atom stereocenters. The molecule has 20 heavy (non-hydrogen) atoms. The van der Waals surface area contributed by atoms with E-state index < -0.39 is 0 Å². The lowest BCUT2D eigenvalue weighted by molar-refractivity contribution is 0.0961. The first kappa shape index (κ1) is 14.6. The fraction of sp³-hybridized carbons (Fsp3) is 0.438. The standard InChI is InChI=1S/C16H22N2O2/c1-4-20-10-14(11(2)3)18-15(17)9-12-7-5-6-8-13(12)16(18)19/h5-9,11,14H,4,10,17H2,1-3H3. The molecule has 4 nitrogen and oxygen atoms in total. The average molecular weight is 274 g/mol. The molecule has 0 aliphatic heterocycles. The molecular formula is C16H22N2O2. The van der Waals surface area contributed by atoms with Gasteiger partial charge in [0.1, 0.15) is 5.82 Å². The molecule has 2 rings (SSSR count). The number of ether oxygens (including phenoxy) is 1. The Morgan fingerprint density at radius 1 is 1.30 bits per heavy atom. The van der Waals surface area contributed by atoms with Crippen molar-refractivity contribution in [2.24, 2.45) is 5.92 Å². The first-order valence-corrected chi connectivity index (χ1v) is 7.03. The Balaban J connectivity index is 2.59. The maximum Gasteiger partial charge on any atom is 0.260 e. The molecule has 0 radical (unpaired) electrons. The van der Waals surface area contributed by atoms with E-state index in [1.165, 1.54) is 0 Å². The number of nitrogens with zero attached hydrogens (tertiary/aromatic N) is 1. The highest BCUT2D eigenvalue weighted by atomic mass is 16.5. The van der Waals surface area contributed by atoms with Crippen LogP contribution in [0.5, 0.6) is 0 Å². The van der Waals surface area contributed by atoms with E-state index in [-0.39, 0.29) is 17.5 Å². The van der Waals surface area contributed by atoms with Crippen LogP contribution in [0.1, 0.15) is 26.8 Å². The Labute approximate surface area is 119 Å². The van der Waals surface area contributed by atoms with Crippen molar-refractivity contribution in [3.63, 3.8) is 0 Å². The molecule has 1 atom stereocenters. The number of hydrogen-bond donors (Lipinski definition) is 1. The maximum absolute atomic E-state index is 12.7. The topological polar surface area (TPSA) is 57.2 Å². The van der Waals surface area contributed by atoms with E-state index in [4.69, 9.17) is 10.5 Å². The molecule has 2 N–H and O–H groups in total. The number of rotatable bonds is 5. The van der Waals surface area contributed by atoms with Gasteiger partial charge in [0.15, 0.2) is 0 Å². The third-order valence-corrected chi connectivity index (χ3v) is 3.59. The van der Waals surface area contributed by atoms with Gasteiger partial charge < -0.3 is 10.5 Å². The van der Waals surface area contributed by atoms with Gasteiger partial charge in [-0.3, -0.25) is 9.36 Å². The number of benzene rings is 1. The van der Waals surface area contributed by atoms with Crippen LogP contribution in [-0.4, -0.2) is 17.8 Å². The maximum atomic E-state index is 12.7. The zero-order valence-corrected chi connectivity index (χ0v) is 12.3. The zero-order chi connectivity index (χ0) is 14.7. The number of fused-ring (bicyclic) bond motifs is 1. The predicted octanol–water partition coefficient (Wildman–Crippen LogP) is 2.82. The largest absolute Gasteiger partial charge is 0.385 e. The number of nitrogens with two attached hydrogens (primary N) is 1. The molecule has 0 amide bonds. The minimum atomic E-state index is -0.0490. The number of nitrogen functional groups attached to an aromatic ring is 1. The fourth-order valence-electron chi connectivity index (χ4n) is 2.44. The van der Waals surface area contributed by atoms with Crippen molar-refractivity contribution in [2.45, 2.75) is 26.8 Å². The minimum Gasteiger partial charge on any atom is -0.385 e. The number of hydrogen-bond acceptors (Lipinski definition) is 3. The van der Waals surface area contributed by atoms with Gasteiger partial charge in [-0.05, 0) is 30.4 Å². The molecule has 0 fully saturated rings. The van der Waals surface area contributed by atoms with Crippen molar-refractivity contribution in [2.75, 3.05) is 18.9 Å². The van der Waals surface area contributed by atoms with Crippen LogP contribution in [0.2, 0.25) is 0 Å². The van der Waals surface area contributed by atoms with Gasteiger partial charge in [0.2, 0.25) is 0 Å². The number of pyridine rings is 1. The summed E-state index contributed by atoms with van der Waals surface area (Å²) in [7, 11) is 0. The summed E-state index contributed by atoms with van der Waals surface area (Å²) in [6.45, 7) is 7.22. The molecule has 0 saturated carbocycles. The molecule has 0 spiro atoms. The molecule has 0 aliphatic rings. The third-order valence-electron chi connectivity index (χ3n) is 3.59. The van der Waals surface area contributed by atoms with Gasteiger partial charge in [0, 0.05) is 12.0 Å². The summed E-state index contributed by atoms with van der Waals surface area (Å²) >= 11 is 0. The van der Waals surface area contributed by atoms with Crippen LogP contribution >= 0.6 is 0 Å². The van der Waals surface area contributed by atoms with E-state index in [0.717, 1.165) is 5.39 Å². The van der Waals surface area contributed by atoms with Crippen molar-refractivity contribution in [3.8, 4) is 0 Å². The van der Waals surface area contributed by atoms with Gasteiger partial charge in [-0.1, -0.05) is 32.0 Å². The van der Waals surface area contributed by atoms with Gasteiger partial charge in [0.05, 0.1) is 12.6 Å². The van der Waals surface area contributed by atoms with E-state index in [9.17, 15) is 4.79 Å². The lowest BCUT2D eigenvalue weighted by atomic mass is 10.0. The summed E-state index contributed by atoms with van der Waals surface area (Å²) in [4.78, 5) is 12.7. The van der Waals surface area contributed by atoms with E-state index in [0.29, 0.717) is 24.4 Å². The molecule has 0 saturated heterocycles. The Kier molecular flexibility index (Phi) is 4.45. The van der Waals surface area contributed by atoms with Crippen LogP contribution in [0, 0.1) is 5.92 Å². The van der Waals surface area contributed by atoms with Crippen molar-refractivity contribution < 1.29 is 4.74 Å². The summed E-state index contributed by atoms with van der Waals surface area (Å²) in [5.41, 5.74) is 6.06. The van der Waals surface area contributed by atoms with Crippen LogP contribution in [0.25, 0.3) is 10.8 Å². The smallest absolute Gasteiger partial charge is 0.260 e. The van der Waals surface area contributed by atoms with Crippen LogP contribution in [0.3, 0.4) is 0 Å². The van der Waals surface area contributed by atoms with Crippen molar-refractivity contribution in [3.05, 3.63) is 40.7 Å². The minimum absolute atomic E-state index is 0.0426. The first-order valence-electron chi connectivity index (χ1n) is 7.03. The number of aromatic nitrogens is 1. The summed E-state index contributed by atoms with van der Waals surface area (Å²) in [6.07, 6.45) is 0. The fourth-order valence-corrected chi connectivity index (χ4v) is 2.44. The highest BCUT2D eigenvalue weighted by Gasteiger charge is 2.20. The molecule has 2 aromatic rings. The highest BCUT2D eigenvalue weighted by molar-refractivity contribution is 5.83. The molecule has 0 bridgehead atoms. The van der Waals surface area contributed by atoms with Gasteiger partial charge in [-0.15, -0.1) is 0 Å². The monoisotopic (exact) mass is 274 g/mol. The summed E-state index contributed by atoms with van der Waals surface area (Å²) in [5.74, 6) is 0.759. The van der Waals surface area contributed by atoms with E-state index in [1.807, 2.05) is 37.3 Å². The quantitative estimate of drug-likeness (QED) is 0.912. The zero-order valence-electron chi connectivity index (χ0n) is 12.3. The summed E-state index contributed by atoms with van der Waals surface area (Å²) in [6, 6.07) is 9.34. The van der Waals surface area contributed by atoms with Crippen LogP contribution in [0.4, 0.5) is 5.82 Å². The Morgan fingerprint density at radius 2 is 2.00 bits per heavy atom.